The van der Waals surface area contributed by atoms with Gasteiger partial charge in [-0.05, 0) is 29.8 Å². The van der Waals surface area contributed by atoms with Crippen LogP contribution in [0.1, 0.15) is 6.92 Å². The number of carbonyl (C=O) groups excluding carboxylic acids is 1. The third-order valence-electron chi connectivity index (χ3n) is 2.58. The first kappa shape index (κ1) is 12.1. The van der Waals surface area contributed by atoms with Crippen LogP contribution in [0.3, 0.4) is 0 Å². The van der Waals surface area contributed by atoms with Crippen LogP contribution in [0.5, 0.6) is 0 Å². The predicted octanol–water partition coefficient (Wildman–Crippen LogP) is 2.80. The maximum Gasteiger partial charge on any atom is 0.353 e. The van der Waals surface area contributed by atoms with E-state index in [0.29, 0.717) is 0 Å². The number of nitrogens with one attached hydrogen (secondary N) is 1. The molecule has 0 aliphatic rings. The van der Waals surface area contributed by atoms with E-state index in [2.05, 4.69) is 15.3 Å². The van der Waals surface area contributed by atoms with E-state index in [1.165, 1.54) is 7.11 Å². The number of hydrazone groups is 1. The Morgan fingerprint density at radius 2 is 1.89 bits per heavy atom. The minimum absolute atomic E-state index is 0.283. The largest absolute Gasteiger partial charge is 0.464 e. The van der Waals surface area contributed by atoms with Crippen molar-refractivity contribution in [1.29, 1.82) is 0 Å². The molecule has 0 aliphatic heterocycles. The minimum Gasteiger partial charge on any atom is -0.464 e. The van der Waals surface area contributed by atoms with Crippen LogP contribution in [-0.4, -0.2) is 18.8 Å². The molecule has 4 nitrogen and oxygen atoms in total. The van der Waals surface area contributed by atoms with Crippen molar-refractivity contribution in [2.75, 3.05) is 12.5 Å². The second-order valence-corrected chi connectivity index (χ2v) is 3.86. The van der Waals surface area contributed by atoms with Gasteiger partial charge in [-0.1, -0.05) is 30.3 Å². The number of rotatable bonds is 3. The topological polar surface area (TPSA) is 50.7 Å². The summed E-state index contributed by atoms with van der Waals surface area (Å²) in [6.45, 7) is 1.60. The maximum atomic E-state index is 11.2. The van der Waals surface area contributed by atoms with Crippen molar-refractivity contribution >= 4 is 28.1 Å². The van der Waals surface area contributed by atoms with E-state index < -0.39 is 5.97 Å². The molecule has 4 heteroatoms. The summed E-state index contributed by atoms with van der Waals surface area (Å²) >= 11 is 0. The van der Waals surface area contributed by atoms with Crippen LogP contribution in [0, 0.1) is 0 Å². The smallest absolute Gasteiger partial charge is 0.353 e. The van der Waals surface area contributed by atoms with Gasteiger partial charge in [-0.15, -0.1) is 0 Å². The Kier molecular flexibility index (Phi) is 3.57. The average Bonchev–Trinajstić information content (AvgIpc) is 2.43. The van der Waals surface area contributed by atoms with E-state index in [-0.39, 0.29) is 5.71 Å². The monoisotopic (exact) mass is 242 g/mol. The highest BCUT2D eigenvalue weighted by Gasteiger charge is 2.04. The molecule has 0 spiro atoms. The average molecular weight is 242 g/mol. The van der Waals surface area contributed by atoms with Gasteiger partial charge in [-0.3, -0.25) is 5.43 Å². The van der Waals surface area contributed by atoms with Crippen molar-refractivity contribution in [1.82, 2.24) is 0 Å². The number of nitrogens with zero attached hydrogens (tertiary/aromatic N) is 1. The summed E-state index contributed by atoms with van der Waals surface area (Å²) < 4.78 is 4.56. The fourth-order valence-electron chi connectivity index (χ4n) is 1.60. The third-order valence-corrected chi connectivity index (χ3v) is 2.58. The SMILES string of the molecule is COC(=O)C(C)=NNc1ccc2ccccc2c1. The molecule has 92 valence electrons. The Morgan fingerprint density at radius 3 is 2.61 bits per heavy atom. The number of hydrogen-bond acceptors (Lipinski definition) is 4. The summed E-state index contributed by atoms with van der Waals surface area (Å²) in [4.78, 5) is 11.2. The summed E-state index contributed by atoms with van der Waals surface area (Å²) in [7, 11) is 1.33. The lowest BCUT2D eigenvalue weighted by Gasteiger charge is -2.04. The highest BCUT2D eigenvalue weighted by atomic mass is 16.5. The van der Waals surface area contributed by atoms with E-state index in [4.69, 9.17) is 0 Å². The van der Waals surface area contributed by atoms with E-state index in [9.17, 15) is 4.79 Å². The van der Waals surface area contributed by atoms with Crippen molar-refractivity contribution in [3.63, 3.8) is 0 Å². The molecule has 0 fully saturated rings. The molecule has 0 saturated heterocycles. The lowest BCUT2D eigenvalue weighted by Crippen LogP contribution is -2.13. The highest BCUT2D eigenvalue weighted by molar-refractivity contribution is 6.35. The van der Waals surface area contributed by atoms with Gasteiger partial charge in [0.15, 0.2) is 0 Å². The normalized spacial score (nSPS) is 11.3. The zero-order valence-electron chi connectivity index (χ0n) is 10.3. The highest BCUT2D eigenvalue weighted by Crippen LogP contribution is 2.18. The molecule has 0 atom stereocenters. The van der Waals surface area contributed by atoms with Crippen molar-refractivity contribution in [3.8, 4) is 0 Å². The maximum absolute atomic E-state index is 11.2. The van der Waals surface area contributed by atoms with E-state index in [0.717, 1.165) is 16.5 Å². The van der Waals surface area contributed by atoms with Crippen LogP contribution in [0.2, 0.25) is 0 Å². The first-order chi connectivity index (χ1) is 8.70. The molecule has 0 unspecified atom stereocenters. The van der Waals surface area contributed by atoms with Crippen LogP contribution in [0.4, 0.5) is 5.69 Å². The molecule has 0 aromatic heterocycles. The minimum atomic E-state index is -0.441. The molecule has 0 aliphatic carbocycles. The van der Waals surface area contributed by atoms with Crippen LogP contribution in [0.15, 0.2) is 47.6 Å². The number of fused-ring (bicyclic) bond motifs is 1. The molecule has 1 N–H and O–H groups in total. The van der Waals surface area contributed by atoms with E-state index in [1.807, 2.05) is 42.5 Å². The second kappa shape index (κ2) is 5.31. The van der Waals surface area contributed by atoms with Crippen molar-refractivity contribution in [2.45, 2.75) is 6.92 Å². The number of hydrogen-bond donors (Lipinski definition) is 1. The van der Waals surface area contributed by atoms with E-state index in [1.54, 1.807) is 6.92 Å². The molecule has 0 bridgehead atoms. The fourth-order valence-corrected chi connectivity index (χ4v) is 1.60. The Labute approximate surface area is 105 Å². The van der Waals surface area contributed by atoms with Crippen LogP contribution in [0.25, 0.3) is 10.8 Å². The predicted molar refractivity (Wildman–Crippen MR) is 72.7 cm³/mol. The number of methoxy groups -OCH3 is 1. The molecule has 18 heavy (non-hydrogen) atoms. The van der Waals surface area contributed by atoms with Crippen molar-refractivity contribution in [2.24, 2.45) is 5.10 Å². The number of anilines is 1. The van der Waals surface area contributed by atoms with Gasteiger partial charge in [-0.2, -0.15) is 5.10 Å². The van der Waals surface area contributed by atoms with Gasteiger partial charge in [0, 0.05) is 0 Å². The van der Waals surface area contributed by atoms with Gasteiger partial charge >= 0.3 is 5.97 Å². The first-order valence-corrected chi connectivity index (χ1v) is 5.58. The summed E-state index contributed by atoms with van der Waals surface area (Å²) in [5.74, 6) is -0.441. The molecule has 0 heterocycles. The lowest BCUT2D eigenvalue weighted by molar-refractivity contribution is -0.132. The van der Waals surface area contributed by atoms with Crippen molar-refractivity contribution in [3.05, 3.63) is 42.5 Å². The molecule has 2 rings (SSSR count). The zero-order valence-corrected chi connectivity index (χ0v) is 10.3. The van der Waals surface area contributed by atoms with Gasteiger partial charge in [0.25, 0.3) is 0 Å². The Morgan fingerprint density at radius 1 is 1.17 bits per heavy atom. The van der Waals surface area contributed by atoms with Crippen LogP contribution in [-0.2, 0) is 9.53 Å². The fraction of sp³-hybridized carbons (Fsp3) is 0.143. The Balaban J connectivity index is 2.20. The molecule has 2 aromatic rings. The molecule has 0 amide bonds. The second-order valence-electron chi connectivity index (χ2n) is 3.86. The Hall–Kier alpha value is -2.36. The third kappa shape index (κ3) is 2.66. The summed E-state index contributed by atoms with van der Waals surface area (Å²) in [6, 6.07) is 13.9. The van der Waals surface area contributed by atoms with Gasteiger partial charge in [0.2, 0.25) is 0 Å². The number of carbonyl (C=O) groups is 1. The molecular formula is C14H14N2O2. The first-order valence-electron chi connectivity index (χ1n) is 5.58. The van der Waals surface area contributed by atoms with E-state index >= 15 is 0 Å². The number of benzene rings is 2. The number of ether oxygens (including phenoxy) is 1. The molecular weight excluding hydrogens is 228 g/mol. The van der Waals surface area contributed by atoms with Gasteiger partial charge < -0.3 is 4.74 Å². The van der Waals surface area contributed by atoms with Gasteiger partial charge in [0.05, 0.1) is 12.8 Å². The zero-order chi connectivity index (χ0) is 13.0. The Bertz CT molecular complexity index is 606. The van der Waals surface area contributed by atoms with Gasteiger partial charge in [0.1, 0.15) is 5.71 Å². The number of esters is 1. The van der Waals surface area contributed by atoms with Crippen LogP contribution >= 0.6 is 0 Å². The molecule has 0 radical (unpaired) electrons. The van der Waals surface area contributed by atoms with Crippen molar-refractivity contribution < 1.29 is 9.53 Å². The summed E-state index contributed by atoms with van der Waals surface area (Å²) in [6.07, 6.45) is 0. The quantitative estimate of drug-likeness (QED) is 0.511. The summed E-state index contributed by atoms with van der Waals surface area (Å²) in [5, 5.41) is 6.25. The lowest BCUT2D eigenvalue weighted by atomic mass is 10.1. The summed E-state index contributed by atoms with van der Waals surface area (Å²) in [5.41, 5.74) is 3.95. The molecule has 0 saturated carbocycles. The van der Waals surface area contributed by atoms with Gasteiger partial charge in [-0.25, -0.2) is 4.79 Å². The van der Waals surface area contributed by atoms with Crippen LogP contribution < -0.4 is 5.43 Å². The standard InChI is InChI=1S/C14H14N2O2/c1-10(14(17)18-2)15-16-13-8-7-11-5-3-4-6-12(11)9-13/h3-9,16H,1-2H3. The molecule has 2 aromatic carbocycles.